The largest absolute Gasteiger partial charge is 1.00 e. The van der Waals surface area contributed by atoms with Crippen molar-refractivity contribution in [3.63, 3.8) is 0 Å². The van der Waals surface area contributed by atoms with Crippen LogP contribution in [0.15, 0.2) is 413 Å². The van der Waals surface area contributed by atoms with E-state index in [1.54, 1.807) is 18.2 Å². The second kappa shape index (κ2) is 50.6. The minimum absolute atomic E-state index is 0. The number of hydrogen-bond acceptors (Lipinski definition) is 11. The number of aliphatic hydroxyl groups is 2. The molecule has 0 aliphatic carbocycles. The van der Waals surface area contributed by atoms with Crippen molar-refractivity contribution in [1.29, 1.82) is 0 Å². The summed E-state index contributed by atoms with van der Waals surface area (Å²) in [5.41, 5.74) is 34.2. The van der Waals surface area contributed by atoms with Gasteiger partial charge in [0.05, 0.1) is 39.3 Å². The Balaban J connectivity index is 0.000000147. The van der Waals surface area contributed by atoms with Gasteiger partial charge in [-0.2, -0.15) is 0 Å². The fourth-order valence-corrected chi connectivity index (χ4v) is 18.1. The Morgan fingerprint density at radius 3 is 1.17 bits per heavy atom. The van der Waals surface area contributed by atoms with Crippen LogP contribution in [0.2, 0.25) is 0 Å². The van der Waals surface area contributed by atoms with Gasteiger partial charge in [0.1, 0.15) is 28.8 Å². The molecular weight excluding hydrogens is 1990 g/mol. The number of aryl methyl sites for hydroxylation is 1. The number of fused-ring (bicyclic) bond motifs is 6. The predicted molar refractivity (Wildman–Crippen MR) is 571 cm³/mol. The molecular formula is C116H104Br4N8NaO7P. The van der Waals surface area contributed by atoms with Crippen LogP contribution in [0.25, 0.3) is 44.5 Å². The van der Waals surface area contributed by atoms with Gasteiger partial charge in [-0.15, -0.1) is 0 Å². The summed E-state index contributed by atoms with van der Waals surface area (Å²) in [6.45, 7) is 3.62. The summed E-state index contributed by atoms with van der Waals surface area (Å²) in [6, 6.07) is 139. The van der Waals surface area contributed by atoms with Gasteiger partial charge in [0, 0.05) is 62.5 Å². The molecule has 0 saturated carbocycles. The second-order valence-corrected chi connectivity index (χ2v) is 49.0. The minimum Gasteiger partial charge on any atom is -1.00 e. The third-order valence-electron chi connectivity index (χ3n) is 24.2. The van der Waals surface area contributed by atoms with Gasteiger partial charge in [-0.05, 0) is 226 Å². The first-order valence-electron chi connectivity index (χ1n) is 45.2. The van der Waals surface area contributed by atoms with E-state index in [4.69, 9.17) is 10.8 Å². The number of carbonyl (C=O) groups excluding carboxylic acids is 5. The fraction of sp³-hybridized carbons (Fsp3) is 0.129. The van der Waals surface area contributed by atoms with Crippen molar-refractivity contribution in [2.45, 2.75) is 70.4 Å². The molecule has 0 fully saturated rings. The number of benzene rings is 16. The third kappa shape index (κ3) is 26.1. The number of alkyl halides is 1. The van der Waals surface area contributed by atoms with Crippen LogP contribution < -0.4 is 65.9 Å². The number of nitrogens with zero attached hydrogens (tertiary/aromatic N) is 4. The summed E-state index contributed by atoms with van der Waals surface area (Å²) in [4.78, 5) is 70.6. The molecule has 4 amide bonds. The molecule has 4 aliphatic heterocycles. The topological polar surface area (TPSA) is 201 Å². The molecule has 3 unspecified atom stereocenters. The zero-order chi connectivity index (χ0) is 94.5. The van der Waals surface area contributed by atoms with Crippen molar-refractivity contribution < 1.29 is 65.2 Å². The van der Waals surface area contributed by atoms with E-state index in [9.17, 15) is 29.1 Å². The number of halogens is 4. The summed E-state index contributed by atoms with van der Waals surface area (Å²) in [7, 11) is 0. The van der Waals surface area contributed by atoms with Gasteiger partial charge in [-0.3, -0.25) is 24.0 Å². The number of primary amides is 1. The van der Waals surface area contributed by atoms with Gasteiger partial charge in [0.25, 0.3) is 23.6 Å². The minimum atomic E-state index is -0.416. The van der Waals surface area contributed by atoms with Crippen LogP contribution in [0.3, 0.4) is 0 Å². The van der Waals surface area contributed by atoms with Gasteiger partial charge in [0.2, 0.25) is 0 Å². The van der Waals surface area contributed by atoms with E-state index in [-0.39, 0.29) is 84.4 Å². The van der Waals surface area contributed by atoms with Crippen LogP contribution >= 0.6 is 66.4 Å². The summed E-state index contributed by atoms with van der Waals surface area (Å²) in [5, 5.41) is 29.4. The van der Waals surface area contributed by atoms with Crippen LogP contribution in [0.1, 0.15) is 133 Å². The Labute approximate surface area is 859 Å². The van der Waals surface area contributed by atoms with E-state index >= 15 is 0 Å². The molecule has 20 rings (SSSR count). The Kier molecular flexibility index (Phi) is 37.1. The van der Waals surface area contributed by atoms with E-state index in [1.165, 1.54) is 50.1 Å². The monoisotopic (exact) mass is 2090 g/mol. The third-order valence-corrected chi connectivity index (χ3v) is 24.6. The Hall–Kier alpha value is -12.5. The predicted octanol–water partition coefficient (Wildman–Crippen LogP) is 23.8. The first-order chi connectivity index (χ1) is 66.6. The average Bonchev–Trinajstić information content (AvgIpc) is 0.719. The number of aliphatic hydroxyl groups excluding tert-OH is 2. The molecule has 684 valence electrons. The van der Waals surface area contributed by atoms with Crippen LogP contribution in [0.5, 0.6) is 0 Å². The SMILES string of the molecule is BrP(Br)Br.NC(=O)c1ccccc1NCc1ccccc1.O=C1NC(c2ccc(-c3ccccc3)cc2CCBr)N(Cc2ccccc2)c2ccccc21.O=C1NC(c2ccc(-c3ccccc3)cc2CCO)N(Cc2ccccc2)c2ccccc21.O=C1c2ccccc2N(Cc2ccccc2)C2c3ccc(-c4ccccc4)cc3CCN12.O=Cc1ccc(-c2ccccc2)cc1CCO.[H-].[Na+]. The Morgan fingerprint density at radius 1 is 0.401 bits per heavy atom. The zero-order valence-corrected chi connectivity index (χ0v) is 85.1. The second-order valence-electron chi connectivity index (χ2n) is 32.8. The van der Waals surface area contributed by atoms with Gasteiger partial charge >= 0.3 is 29.6 Å². The fourth-order valence-electron chi connectivity index (χ4n) is 17.7. The Bertz CT molecular complexity index is 6500. The van der Waals surface area contributed by atoms with Crippen molar-refractivity contribution in [2.75, 3.05) is 45.1 Å². The van der Waals surface area contributed by atoms with Gasteiger partial charge in [-0.25, -0.2) is 0 Å². The van der Waals surface area contributed by atoms with Crippen LogP contribution in [-0.4, -0.2) is 70.1 Å². The smallest absolute Gasteiger partial charge is 1.00 e. The molecule has 21 heteroatoms. The molecule has 0 aromatic heterocycles. The molecule has 137 heavy (non-hydrogen) atoms. The number of amides is 4. The van der Waals surface area contributed by atoms with E-state index < -0.39 is 5.91 Å². The number of aldehydes is 1. The molecule has 0 saturated heterocycles. The maximum absolute atomic E-state index is 13.4. The molecule has 4 aliphatic rings. The zero-order valence-electron chi connectivity index (χ0n) is 76.8. The van der Waals surface area contributed by atoms with E-state index in [2.05, 4.69) is 280 Å². The molecule has 7 N–H and O–H groups in total. The van der Waals surface area contributed by atoms with Crippen molar-refractivity contribution >= 4 is 119 Å². The van der Waals surface area contributed by atoms with Crippen molar-refractivity contribution in [2.24, 2.45) is 5.73 Å². The number of rotatable bonds is 23. The normalized spacial score (nSPS) is 14.0. The molecule has 16 aromatic carbocycles. The molecule has 4 heterocycles. The van der Waals surface area contributed by atoms with Gasteiger partial charge < -0.3 is 52.9 Å². The standard InChI is InChI=1S/C29H25BrN2O.C29H26N2O2.C29H24N2O.C15H14O2.C14H14N2O.Br3P.Na.H/c30-18-17-24-19-23(22-11-5-2-6-12-22)15-16-25(24)28-31-29(33)26-13-7-8-14-27(26)32(28)20-21-9-3-1-4-10-21;32-18-17-24-19-23(22-11-5-2-6-12-22)15-16-25(24)28-30-29(33)26-13-7-8-14-27(26)31(28)20-21-9-3-1-4-10-21;32-29-26-13-7-8-14-27(26)31(20-21-9-3-1-4-10-21)28-25-16-15-23(22-11-5-2-6-12-22)19-24(25)17-18-30(28)29;16-9-8-14-10-13(6-7-15(14)11-17)12-4-2-1-3-5-12;15-14(17)12-8-4-5-9-13(12)16-10-11-6-2-1-3-7-11;1-4(2)3;;/h1-16,19,28H,17-18,20H2,(H,31,33);1-16,19,28,32H,17-18,20H2,(H,30,33);1-16,19,28H,17-18,20H2;1-7,10-11,16H,8-9H2;1-9,16H,10H2,(H2,15,17);;;/q;;;;;;+1;-1. The van der Waals surface area contributed by atoms with Crippen LogP contribution in [0.4, 0.5) is 22.7 Å². The maximum Gasteiger partial charge on any atom is 1.00 e. The Morgan fingerprint density at radius 2 is 0.745 bits per heavy atom. The van der Waals surface area contributed by atoms with E-state index in [0.29, 0.717) is 54.7 Å². The van der Waals surface area contributed by atoms with Crippen molar-refractivity contribution in [3.05, 3.63) is 502 Å². The maximum atomic E-state index is 13.4. The summed E-state index contributed by atoms with van der Waals surface area (Å²) < 4.78 is -0.183. The van der Waals surface area contributed by atoms with Gasteiger partial charge in [0.15, 0.2) is 0 Å². The van der Waals surface area contributed by atoms with Gasteiger partial charge in [-0.1, -0.05) is 380 Å². The molecule has 0 radical (unpaired) electrons. The summed E-state index contributed by atoms with van der Waals surface area (Å²) in [5.74, 6) is -0.396. The number of hydrogen-bond donors (Lipinski definition) is 6. The van der Waals surface area contributed by atoms with Crippen LogP contribution in [-0.2, 0) is 51.9 Å². The summed E-state index contributed by atoms with van der Waals surface area (Å²) >= 11 is 13.1. The number of carbonyl (C=O) groups is 5. The molecule has 0 spiro atoms. The van der Waals surface area contributed by atoms with Crippen molar-refractivity contribution in [1.82, 2.24) is 15.5 Å². The molecule has 16 aromatic rings. The summed E-state index contributed by atoms with van der Waals surface area (Å²) in [6.07, 6.45) is 2.94. The average molecular weight is 2100 g/mol. The molecule has 15 nitrogen and oxygen atoms in total. The molecule has 0 bridgehead atoms. The number of anilines is 4. The first-order valence-corrected chi connectivity index (χ1v) is 53.7. The van der Waals surface area contributed by atoms with E-state index in [1.807, 2.05) is 212 Å². The van der Waals surface area contributed by atoms with Crippen molar-refractivity contribution in [3.8, 4) is 44.5 Å². The number of nitrogens with one attached hydrogen (secondary N) is 3. The number of nitrogens with two attached hydrogens (primary N) is 1. The van der Waals surface area contributed by atoms with Crippen LogP contribution in [0, 0.1) is 0 Å². The number of para-hydroxylation sites is 4. The van der Waals surface area contributed by atoms with E-state index in [0.717, 1.165) is 121 Å². The molecule has 3 atom stereocenters. The quantitative estimate of drug-likeness (QED) is 0.0154. The first kappa shape index (κ1) is 100.